The maximum atomic E-state index is 5.78. The average Bonchev–Trinajstić information content (AvgIpc) is 2.34. The van der Waals surface area contributed by atoms with Gasteiger partial charge in [0.2, 0.25) is 5.95 Å². The molecule has 6 nitrogen and oxygen atoms in total. The molecule has 0 aromatic carbocycles. The van der Waals surface area contributed by atoms with E-state index in [1.165, 1.54) is 0 Å². The molecule has 0 spiro atoms. The van der Waals surface area contributed by atoms with Crippen molar-refractivity contribution in [2.24, 2.45) is 0 Å². The van der Waals surface area contributed by atoms with Gasteiger partial charge in [0.25, 0.3) is 0 Å². The summed E-state index contributed by atoms with van der Waals surface area (Å²) in [7, 11) is 4.14. The fourth-order valence-corrected chi connectivity index (χ4v) is 1.82. The number of nitrogens with one attached hydrogen (secondary N) is 1. The van der Waals surface area contributed by atoms with Gasteiger partial charge in [-0.1, -0.05) is 6.92 Å². The molecule has 1 heterocycles. The number of aromatic nitrogens is 2. The molecule has 1 rings (SSSR count). The van der Waals surface area contributed by atoms with Crippen molar-refractivity contribution in [2.45, 2.75) is 20.3 Å². The van der Waals surface area contributed by atoms with Gasteiger partial charge in [-0.05, 0) is 27.4 Å². The van der Waals surface area contributed by atoms with E-state index in [2.05, 4.69) is 46.1 Å². The second-order valence-electron chi connectivity index (χ2n) is 4.79. The van der Waals surface area contributed by atoms with Crippen molar-refractivity contribution < 1.29 is 0 Å². The van der Waals surface area contributed by atoms with E-state index >= 15 is 0 Å². The van der Waals surface area contributed by atoms with Crippen LogP contribution < -0.4 is 16.0 Å². The monoisotopic (exact) mass is 266 g/mol. The normalized spacial score (nSPS) is 10.8. The smallest absolute Gasteiger partial charge is 0.223 e. The zero-order valence-corrected chi connectivity index (χ0v) is 12.5. The minimum absolute atomic E-state index is 0.319. The molecule has 0 saturated heterocycles. The predicted molar refractivity (Wildman–Crippen MR) is 81.7 cm³/mol. The lowest BCUT2D eigenvalue weighted by Gasteiger charge is -2.25. The van der Waals surface area contributed by atoms with E-state index in [1.807, 2.05) is 13.0 Å². The molecule has 1 aromatic rings. The summed E-state index contributed by atoms with van der Waals surface area (Å²) in [4.78, 5) is 12.9. The van der Waals surface area contributed by atoms with Gasteiger partial charge in [0.1, 0.15) is 11.6 Å². The Hall–Kier alpha value is -1.56. The summed E-state index contributed by atoms with van der Waals surface area (Å²) in [5.74, 6) is 2.00. The largest absolute Gasteiger partial charge is 0.370 e. The number of nitrogen functional groups attached to an aromatic ring is 1. The number of anilines is 3. The standard InChI is InChI=1S/C13H26N6/c1-5-7-19(9-8-18(3)4)12-10-11(15-6-2)16-13(14)17-12/h10H,5-9H2,1-4H3,(H3,14,15,16,17). The molecule has 0 unspecified atom stereocenters. The van der Waals surface area contributed by atoms with Crippen molar-refractivity contribution in [1.29, 1.82) is 0 Å². The Bertz CT molecular complexity index is 379. The van der Waals surface area contributed by atoms with Gasteiger partial charge >= 0.3 is 0 Å². The summed E-state index contributed by atoms with van der Waals surface area (Å²) < 4.78 is 0. The summed E-state index contributed by atoms with van der Waals surface area (Å²) in [6, 6.07) is 1.96. The molecular formula is C13H26N6. The Kier molecular flexibility index (Phi) is 6.35. The fourth-order valence-electron chi connectivity index (χ4n) is 1.82. The highest BCUT2D eigenvalue weighted by molar-refractivity contribution is 5.52. The van der Waals surface area contributed by atoms with Crippen LogP contribution in [0, 0.1) is 0 Å². The fraction of sp³-hybridized carbons (Fsp3) is 0.692. The van der Waals surface area contributed by atoms with Gasteiger partial charge in [0.15, 0.2) is 0 Å². The predicted octanol–water partition coefficient (Wildman–Crippen LogP) is 1.27. The third-order valence-electron chi connectivity index (χ3n) is 2.72. The Morgan fingerprint density at radius 3 is 2.47 bits per heavy atom. The molecule has 108 valence electrons. The van der Waals surface area contributed by atoms with Crippen LogP contribution in [0.4, 0.5) is 17.6 Å². The van der Waals surface area contributed by atoms with Crippen LogP contribution in [-0.2, 0) is 0 Å². The molecule has 1 aromatic heterocycles. The first-order chi connectivity index (χ1) is 9.06. The van der Waals surface area contributed by atoms with Crippen LogP contribution in [0.15, 0.2) is 6.07 Å². The van der Waals surface area contributed by atoms with Crippen molar-refractivity contribution in [3.63, 3.8) is 0 Å². The SMILES string of the molecule is CCCN(CCN(C)C)c1cc(NCC)nc(N)n1. The molecule has 0 amide bonds. The molecular weight excluding hydrogens is 240 g/mol. The second-order valence-corrected chi connectivity index (χ2v) is 4.79. The maximum absolute atomic E-state index is 5.78. The number of nitrogens with two attached hydrogens (primary N) is 1. The molecule has 0 saturated carbocycles. The molecule has 0 bridgehead atoms. The first-order valence-corrected chi connectivity index (χ1v) is 6.84. The van der Waals surface area contributed by atoms with Crippen LogP contribution in [0.3, 0.4) is 0 Å². The van der Waals surface area contributed by atoms with Crippen LogP contribution in [0.5, 0.6) is 0 Å². The van der Waals surface area contributed by atoms with E-state index in [0.717, 1.165) is 44.2 Å². The number of hydrogen-bond acceptors (Lipinski definition) is 6. The van der Waals surface area contributed by atoms with Crippen LogP contribution in [0.25, 0.3) is 0 Å². The van der Waals surface area contributed by atoms with Gasteiger partial charge in [-0.25, -0.2) is 0 Å². The van der Waals surface area contributed by atoms with Gasteiger partial charge in [-0.3, -0.25) is 0 Å². The van der Waals surface area contributed by atoms with E-state index in [0.29, 0.717) is 5.95 Å². The summed E-state index contributed by atoms with van der Waals surface area (Å²) in [5, 5.41) is 3.18. The molecule has 6 heteroatoms. The third-order valence-corrected chi connectivity index (χ3v) is 2.72. The highest BCUT2D eigenvalue weighted by Gasteiger charge is 2.10. The molecule has 0 aliphatic carbocycles. The molecule has 0 atom stereocenters. The molecule has 0 aliphatic rings. The van der Waals surface area contributed by atoms with Gasteiger partial charge < -0.3 is 20.9 Å². The summed E-state index contributed by atoms with van der Waals surface area (Å²) in [5.41, 5.74) is 5.78. The summed E-state index contributed by atoms with van der Waals surface area (Å²) in [6.07, 6.45) is 1.08. The molecule has 0 radical (unpaired) electrons. The molecule has 3 N–H and O–H groups in total. The van der Waals surface area contributed by atoms with Crippen molar-refractivity contribution in [2.75, 3.05) is 56.2 Å². The molecule has 0 fully saturated rings. The van der Waals surface area contributed by atoms with E-state index in [4.69, 9.17) is 5.73 Å². The third kappa shape index (κ3) is 5.30. The number of nitrogens with zero attached hydrogens (tertiary/aromatic N) is 4. The quantitative estimate of drug-likeness (QED) is 0.738. The Morgan fingerprint density at radius 1 is 1.16 bits per heavy atom. The highest BCUT2D eigenvalue weighted by atomic mass is 15.2. The minimum Gasteiger partial charge on any atom is -0.370 e. The van der Waals surface area contributed by atoms with E-state index in [-0.39, 0.29) is 0 Å². The highest BCUT2D eigenvalue weighted by Crippen LogP contribution is 2.17. The minimum atomic E-state index is 0.319. The van der Waals surface area contributed by atoms with Gasteiger partial charge in [-0.15, -0.1) is 0 Å². The summed E-state index contributed by atoms with van der Waals surface area (Å²) >= 11 is 0. The first kappa shape index (κ1) is 15.5. The van der Waals surface area contributed by atoms with Gasteiger partial charge in [0, 0.05) is 32.2 Å². The zero-order chi connectivity index (χ0) is 14.3. The Morgan fingerprint density at radius 2 is 1.89 bits per heavy atom. The van der Waals surface area contributed by atoms with Gasteiger partial charge in [-0.2, -0.15) is 9.97 Å². The van der Waals surface area contributed by atoms with E-state index < -0.39 is 0 Å². The van der Waals surface area contributed by atoms with Crippen LogP contribution in [0.2, 0.25) is 0 Å². The van der Waals surface area contributed by atoms with Crippen LogP contribution >= 0.6 is 0 Å². The van der Waals surface area contributed by atoms with Crippen molar-refractivity contribution in [3.8, 4) is 0 Å². The van der Waals surface area contributed by atoms with Crippen molar-refractivity contribution in [3.05, 3.63) is 6.07 Å². The topological polar surface area (TPSA) is 70.3 Å². The Labute approximate surface area is 116 Å². The summed E-state index contributed by atoms with van der Waals surface area (Å²) in [6.45, 7) is 7.91. The van der Waals surface area contributed by atoms with Crippen molar-refractivity contribution in [1.82, 2.24) is 14.9 Å². The Balaban J connectivity index is 2.87. The lowest BCUT2D eigenvalue weighted by atomic mass is 10.3. The number of rotatable bonds is 8. The average molecular weight is 266 g/mol. The second kappa shape index (κ2) is 7.78. The van der Waals surface area contributed by atoms with Crippen LogP contribution in [0.1, 0.15) is 20.3 Å². The number of likely N-dealkylation sites (N-methyl/N-ethyl adjacent to an activating group) is 1. The number of hydrogen-bond donors (Lipinski definition) is 2. The molecule has 0 aliphatic heterocycles. The van der Waals surface area contributed by atoms with Crippen LogP contribution in [-0.4, -0.2) is 55.1 Å². The van der Waals surface area contributed by atoms with Crippen molar-refractivity contribution >= 4 is 17.6 Å². The van der Waals surface area contributed by atoms with E-state index in [9.17, 15) is 0 Å². The van der Waals surface area contributed by atoms with E-state index in [1.54, 1.807) is 0 Å². The molecule has 19 heavy (non-hydrogen) atoms. The first-order valence-electron chi connectivity index (χ1n) is 6.84. The van der Waals surface area contributed by atoms with Gasteiger partial charge in [0.05, 0.1) is 0 Å². The lowest BCUT2D eigenvalue weighted by Crippen LogP contribution is -2.33. The maximum Gasteiger partial charge on any atom is 0.223 e. The lowest BCUT2D eigenvalue weighted by molar-refractivity contribution is 0.412. The zero-order valence-electron chi connectivity index (χ0n) is 12.5.